The van der Waals surface area contributed by atoms with Gasteiger partial charge in [-0.3, -0.25) is 4.79 Å². The summed E-state index contributed by atoms with van der Waals surface area (Å²) in [5.41, 5.74) is 3.33. The van der Waals surface area contributed by atoms with E-state index in [0.717, 1.165) is 29.2 Å². The Kier molecular flexibility index (Phi) is 7.82. The number of amides is 3. The van der Waals surface area contributed by atoms with Crippen LogP contribution in [0.2, 0.25) is 0 Å². The molecule has 35 heavy (non-hydrogen) atoms. The van der Waals surface area contributed by atoms with Crippen molar-refractivity contribution in [1.82, 2.24) is 20.2 Å². The number of urea groups is 1. The Labute approximate surface area is 205 Å². The van der Waals surface area contributed by atoms with Crippen LogP contribution in [-0.2, 0) is 22.5 Å². The van der Waals surface area contributed by atoms with Gasteiger partial charge < -0.3 is 30.3 Å². The highest BCUT2D eigenvalue weighted by atomic mass is 16.5. The van der Waals surface area contributed by atoms with Crippen molar-refractivity contribution < 1.29 is 19.4 Å². The van der Waals surface area contributed by atoms with Gasteiger partial charge in [-0.1, -0.05) is 6.92 Å². The topological polar surface area (TPSA) is 120 Å². The van der Waals surface area contributed by atoms with Gasteiger partial charge in [0.25, 0.3) is 5.91 Å². The van der Waals surface area contributed by atoms with Crippen LogP contribution in [0, 0.1) is 0 Å². The Morgan fingerprint density at radius 1 is 1.20 bits per heavy atom. The predicted octanol–water partition coefficient (Wildman–Crippen LogP) is 2.17. The van der Waals surface area contributed by atoms with Gasteiger partial charge in [0.15, 0.2) is 5.82 Å². The first-order valence-corrected chi connectivity index (χ1v) is 12.3. The fourth-order valence-electron chi connectivity index (χ4n) is 4.43. The number of anilines is 2. The van der Waals surface area contributed by atoms with Gasteiger partial charge in [0, 0.05) is 36.4 Å². The number of rotatable bonds is 6. The molecule has 3 amide bonds. The number of carbonyl (C=O) groups is 2. The molecule has 0 spiro atoms. The molecular weight excluding hydrogens is 448 g/mol. The van der Waals surface area contributed by atoms with Crippen molar-refractivity contribution in [2.24, 2.45) is 0 Å². The summed E-state index contributed by atoms with van der Waals surface area (Å²) in [6.07, 6.45) is 0.0124. The molecule has 3 heterocycles. The zero-order valence-corrected chi connectivity index (χ0v) is 20.6. The molecule has 0 bridgehead atoms. The van der Waals surface area contributed by atoms with Crippen LogP contribution < -0.4 is 15.5 Å². The van der Waals surface area contributed by atoms with Crippen LogP contribution in [0.3, 0.4) is 0 Å². The quantitative estimate of drug-likeness (QED) is 0.577. The van der Waals surface area contributed by atoms with Crippen LogP contribution in [-0.4, -0.2) is 76.9 Å². The largest absolute Gasteiger partial charge is 0.383 e. The zero-order chi connectivity index (χ0) is 24.9. The Hall–Kier alpha value is -3.24. The molecule has 1 saturated heterocycles. The molecule has 0 radical (unpaired) electrons. The average Bonchev–Trinajstić information content (AvgIpc) is 2.87. The molecule has 1 aromatic heterocycles. The molecule has 2 aromatic rings. The minimum atomic E-state index is -0.999. The lowest BCUT2D eigenvalue weighted by Crippen LogP contribution is -2.46. The van der Waals surface area contributed by atoms with Crippen molar-refractivity contribution in [3.05, 3.63) is 35.5 Å². The normalized spacial score (nSPS) is 18.6. The van der Waals surface area contributed by atoms with Crippen molar-refractivity contribution >= 4 is 23.4 Å². The summed E-state index contributed by atoms with van der Waals surface area (Å²) in [4.78, 5) is 38.3. The van der Waals surface area contributed by atoms with Crippen LogP contribution in [0.5, 0.6) is 0 Å². The molecular formula is C25H34N6O4. The molecule has 3 N–H and O–H groups in total. The highest BCUT2D eigenvalue weighted by molar-refractivity contribution is 5.89. The number of hydrogen-bond donors (Lipinski definition) is 3. The van der Waals surface area contributed by atoms with E-state index in [1.807, 2.05) is 31.2 Å². The van der Waals surface area contributed by atoms with E-state index in [2.05, 4.69) is 22.5 Å². The maximum absolute atomic E-state index is 12.7. The maximum atomic E-state index is 12.7. The molecule has 1 aromatic carbocycles. The summed E-state index contributed by atoms with van der Waals surface area (Å²) < 4.78 is 5.64. The number of aliphatic hydroxyl groups excluding tert-OH is 1. The van der Waals surface area contributed by atoms with Gasteiger partial charge in [-0.25, -0.2) is 14.8 Å². The van der Waals surface area contributed by atoms with Crippen LogP contribution in [0.1, 0.15) is 38.4 Å². The molecule has 2 atom stereocenters. The van der Waals surface area contributed by atoms with E-state index in [4.69, 9.17) is 14.7 Å². The van der Waals surface area contributed by atoms with Crippen LogP contribution >= 0.6 is 0 Å². The van der Waals surface area contributed by atoms with E-state index in [0.29, 0.717) is 57.2 Å². The van der Waals surface area contributed by atoms with E-state index in [-0.39, 0.29) is 18.0 Å². The third kappa shape index (κ3) is 5.54. The van der Waals surface area contributed by atoms with Gasteiger partial charge in [0.2, 0.25) is 0 Å². The van der Waals surface area contributed by atoms with Gasteiger partial charge in [-0.05, 0) is 51.0 Å². The van der Waals surface area contributed by atoms with Crippen molar-refractivity contribution in [1.29, 1.82) is 0 Å². The highest BCUT2D eigenvalue weighted by Crippen LogP contribution is 2.32. The monoisotopic (exact) mass is 482 g/mol. The first-order chi connectivity index (χ1) is 16.9. The third-order valence-corrected chi connectivity index (χ3v) is 6.40. The number of aliphatic hydroxyl groups is 1. The summed E-state index contributed by atoms with van der Waals surface area (Å²) in [6, 6.07) is 7.30. The molecule has 10 nitrogen and oxygen atoms in total. The summed E-state index contributed by atoms with van der Waals surface area (Å²) in [7, 11) is 0. The van der Waals surface area contributed by atoms with Crippen molar-refractivity contribution in [2.45, 2.75) is 52.3 Å². The van der Waals surface area contributed by atoms with Crippen molar-refractivity contribution in [3.63, 3.8) is 0 Å². The molecule has 0 saturated carbocycles. The van der Waals surface area contributed by atoms with E-state index in [9.17, 15) is 14.7 Å². The number of fused-ring (bicyclic) bond motifs is 1. The Morgan fingerprint density at radius 2 is 1.97 bits per heavy atom. The molecule has 0 aliphatic carbocycles. The lowest BCUT2D eigenvalue weighted by atomic mass is 10.0. The molecule has 188 valence electrons. The molecule has 2 aliphatic heterocycles. The van der Waals surface area contributed by atoms with Gasteiger partial charge in [-0.15, -0.1) is 0 Å². The third-order valence-electron chi connectivity index (χ3n) is 6.40. The number of nitrogens with zero attached hydrogens (tertiary/aromatic N) is 4. The van der Waals surface area contributed by atoms with Gasteiger partial charge in [0.1, 0.15) is 11.9 Å². The highest BCUT2D eigenvalue weighted by Gasteiger charge is 2.31. The standard InChI is InChI=1S/C25H34N6O4/c1-4-21(32)24(33)30-11-10-19-20(14-30)28-22(29-23(19)31-12-13-35-15-16(31)3)17-6-8-18(9-7-17)27-25(34)26-5-2/h6-9,16,21,32H,4-5,10-15H2,1-3H3,(H2,26,27,34). The minimum Gasteiger partial charge on any atom is -0.383 e. The number of carbonyl (C=O) groups excluding carboxylic acids is 2. The van der Waals surface area contributed by atoms with Crippen LogP contribution in [0.4, 0.5) is 16.3 Å². The second-order valence-electron chi connectivity index (χ2n) is 8.91. The number of aromatic nitrogens is 2. The fourth-order valence-corrected chi connectivity index (χ4v) is 4.43. The smallest absolute Gasteiger partial charge is 0.319 e. The number of benzene rings is 1. The lowest BCUT2D eigenvalue weighted by molar-refractivity contribution is -0.141. The number of ether oxygens (including phenoxy) is 1. The molecule has 2 unspecified atom stereocenters. The second-order valence-corrected chi connectivity index (χ2v) is 8.91. The molecule has 1 fully saturated rings. The first-order valence-electron chi connectivity index (χ1n) is 12.3. The SMILES string of the molecule is CCNC(=O)Nc1ccc(-c2nc3c(c(N4CCOCC4C)n2)CCN(C(=O)C(O)CC)C3)cc1. The summed E-state index contributed by atoms with van der Waals surface area (Å²) in [5.74, 6) is 1.18. The average molecular weight is 483 g/mol. The summed E-state index contributed by atoms with van der Waals surface area (Å²) in [5, 5.41) is 15.6. The number of morpholine rings is 1. The van der Waals surface area contributed by atoms with Crippen LogP contribution in [0.15, 0.2) is 24.3 Å². The number of hydrogen-bond acceptors (Lipinski definition) is 7. The summed E-state index contributed by atoms with van der Waals surface area (Å²) in [6.45, 7) is 9.17. The van der Waals surface area contributed by atoms with Gasteiger partial charge >= 0.3 is 6.03 Å². The molecule has 10 heteroatoms. The van der Waals surface area contributed by atoms with E-state index in [1.165, 1.54) is 0 Å². The lowest BCUT2D eigenvalue weighted by Gasteiger charge is -2.38. The first kappa shape index (κ1) is 24.9. The second kappa shape index (κ2) is 11.0. The minimum absolute atomic E-state index is 0.167. The summed E-state index contributed by atoms with van der Waals surface area (Å²) >= 11 is 0. The van der Waals surface area contributed by atoms with Crippen molar-refractivity contribution in [2.75, 3.05) is 43.1 Å². The maximum Gasteiger partial charge on any atom is 0.319 e. The number of nitrogens with one attached hydrogen (secondary N) is 2. The Balaban J connectivity index is 1.68. The van der Waals surface area contributed by atoms with E-state index in [1.54, 1.807) is 11.8 Å². The molecule has 2 aliphatic rings. The van der Waals surface area contributed by atoms with E-state index >= 15 is 0 Å². The van der Waals surface area contributed by atoms with Crippen LogP contribution in [0.25, 0.3) is 11.4 Å². The predicted molar refractivity (Wildman–Crippen MR) is 133 cm³/mol. The van der Waals surface area contributed by atoms with Gasteiger partial charge in [-0.2, -0.15) is 0 Å². The Bertz CT molecular complexity index is 1060. The van der Waals surface area contributed by atoms with E-state index < -0.39 is 6.10 Å². The fraction of sp³-hybridized carbons (Fsp3) is 0.520. The Morgan fingerprint density at radius 3 is 2.66 bits per heavy atom. The van der Waals surface area contributed by atoms with Crippen molar-refractivity contribution in [3.8, 4) is 11.4 Å². The zero-order valence-electron chi connectivity index (χ0n) is 20.6. The van der Waals surface area contributed by atoms with Gasteiger partial charge in [0.05, 0.1) is 31.5 Å². The molecule has 4 rings (SSSR count).